The average molecular weight is 630 g/mol. The Morgan fingerprint density at radius 3 is 2.49 bits per heavy atom. The minimum Gasteiger partial charge on any atom is -0.507 e. The van der Waals surface area contributed by atoms with E-state index in [4.69, 9.17) is 4.74 Å². The zero-order valence-electron chi connectivity index (χ0n) is 22.5. The highest BCUT2D eigenvalue weighted by molar-refractivity contribution is 9.11. The predicted octanol–water partition coefficient (Wildman–Crippen LogP) is 4.12. The first-order valence-corrected chi connectivity index (χ1v) is 15.1. The van der Waals surface area contributed by atoms with Crippen LogP contribution in [0.3, 0.4) is 0 Å². The third-order valence-electron chi connectivity index (χ3n) is 5.50. The minimum absolute atomic E-state index is 0.0194. The number of carbonyl (C=O) groups is 3. The number of sulfonamides is 1. The molecule has 1 unspecified atom stereocenters. The van der Waals surface area contributed by atoms with Gasteiger partial charge >= 0.3 is 5.97 Å². The summed E-state index contributed by atoms with van der Waals surface area (Å²) in [4.78, 5) is 35.9. The van der Waals surface area contributed by atoms with Crippen molar-refractivity contribution in [3.05, 3.63) is 58.6 Å². The summed E-state index contributed by atoms with van der Waals surface area (Å²) in [6.07, 6.45) is 8.85. The van der Waals surface area contributed by atoms with Crippen LogP contribution in [0.1, 0.15) is 55.8 Å². The first-order valence-electron chi connectivity index (χ1n) is 12.4. The summed E-state index contributed by atoms with van der Waals surface area (Å²) in [5, 5.41) is 12.8. The summed E-state index contributed by atoms with van der Waals surface area (Å²) in [7, 11) is -2.37. The van der Waals surface area contributed by atoms with Gasteiger partial charge in [-0.15, -0.1) is 6.58 Å². The molecule has 0 saturated carbocycles. The van der Waals surface area contributed by atoms with E-state index in [1.807, 2.05) is 23.8 Å². The highest BCUT2D eigenvalue weighted by Crippen LogP contribution is 2.28. The van der Waals surface area contributed by atoms with E-state index in [1.165, 1.54) is 13.2 Å². The molecule has 1 atom stereocenters. The summed E-state index contributed by atoms with van der Waals surface area (Å²) in [5.41, 5.74) is 0.899. The Labute approximate surface area is 238 Å². The van der Waals surface area contributed by atoms with Gasteiger partial charge < -0.3 is 19.9 Å². The maximum absolute atomic E-state index is 12.3. The van der Waals surface area contributed by atoms with E-state index in [9.17, 15) is 27.9 Å². The molecule has 1 aromatic rings. The minimum atomic E-state index is -3.60. The number of nitrogens with one attached hydrogen (secondary N) is 2. The number of rotatable bonds is 17. The molecule has 0 aliphatic carbocycles. The Bertz CT molecular complexity index is 1180. The second-order valence-electron chi connectivity index (χ2n) is 8.62. The van der Waals surface area contributed by atoms with Crippen LogP contribution in [-0.2, 0) is 24.3 Å². The van der Waals surface area contributed by atoms with Crippen LogP contribution in [0.25, 0.3) is 0 Å². The van der Waals surface area contributed by atoms with Crippen molar-refractivity contribution >= 4 is 43.7 Å². The number of halogens is 1. The summed E-state index contributed by atoms with van der Waals surface area (Å²) in [5.74, 6) is -1.53. The van der Waals surface area contributed by atoms with Gasteiger partial charge in [-0.05, 0) is 50.8 Å². The molecule has 0 aliphatic heterocycles. The molecule has 2 amide bonds. The maximum Gasteiger partial charge on any atom is 0.345 e. The van der Waals surface area contributed by atoms with Gasteiger partial charge in [0.1, 0.15) is 17.1 Å². The van der Waals surface area contributed by atoms with E-state index >= 15 is 0 Å². The Morgan fingerprint density at radius 1 is 1.15 bits per heavy atom. The molecule has 10 nitrogen and oxygen atoms in total. The van der Waals surface area contributed by atoms with Crippen molar-refractivity contribution in [3.8, 4) is 11.5 Å². The van der Waals surface area contributed by atoms with Crippen molar-refractivity contribution < 1.29 is 37.4 Å². The Balaban J connectivity index is 2.43. The lowest BCUT2D eigenvalue weighted by Crippen LogP contribution is -2.29. The molecule has 1 aromatic carbocycles. The molecule has 0 saturated heterocycles. The lowest BCUT2D eigenvalue weighted by Gasteiger charge is -2.13. The number of benzene rings is 1. The quantitative estimate of drug-likeness (QED) is 0.101. The van der Waals surface area contributed by atoms with E-state index in [0.29, 0.717) is 38.8 Å². The molecule has 39 heavy (non-hydrogen) atoms. The van der Waals surface area contributed by atoms with Crippen LogP contribution in [0, 0.1) is 5.92 Å². The molecule has 0 heterocycles. The summed E-state index contributed by atoms with van der Waals surface area (Å²) in [6.45, 7) is 6.41. The molecule has 1 rings (SSSR count). The van der Waals surface area contributed by atoms with Gasteiger partial charge in [-0.1, -0.05) is 39.7 Å². The largest absolute Gasteiger partial charge is 0.507 e. The monoisotopic (exact) mass is 628 g/mol. The van der Waals surface area contributed by atoms with Gasteiger partial charge in [0.25, 0.3) is 0 Å². The van der Waals surface area contributed by atoms with E-state index in [-0.39, 0.29) is 41.7 Å². The summed E-state index contributed by atoms with van der Waals surface area (Å²) >= 11 is 3.51. The van der Waals surface area contributed by atoms with Crippen LogP contribution < -0.4 is 14.8 Å². The second-order valence-corrected chi connectivity index (χ2v) is 11.3. The average Bonchev–Trinajstić information content (AvgIpc) is 2.87. The van der Waals surface area contributed by atoms with Crippen LogP contribution in [0.15, 0.2) is 53.1 Å². The number of hydrogen-bond acceptors (Lipinski definition) is 8. The molecule has 12 heteroatoms. The number of carbonyl (C=O) groups excluding carboxylic acids is 3. The molecule has 0 bridgehead atoms. The fraction of sp³-hybridized carbons (Fsp3) is 0.444. The number of amides is 2. The number of phenolic OH excluding ortho intramolecular Hbond substituents is 1. The van der Waals surface area contributed by atoms with Gasteiger partial charge in [0, 0.05) is 29.8 Å². The third-order valence-corrected chi connectivity index (χ3v) is 6.92. The van der Waals surface area contributed by atoms with E-state index in [2.05, 4.69) is 32.6 Å². The van der Waals surface area contributed by atoms with E-state index in [0.717, 1.165) is 16.3 Å². The molecule has 0 aromatic heterocycles. The topological polar surface area (TPSA) is 148 Å². The van der Waals surface area contributed by atoms with Crippen LogP contribution in [-0.4, -0.2) is 57.8 Å². The van der Waals surface area contributed by atoms with Gasteiger partial charge in [0.05, 0.1) is 20.0 Å². The van der Waals surface area contributed by atoms with Gasteiger partial charge in [-0.2, -0.15) is 0 Å². The number of methoxy groups -OCH3 is 1. The molecule has 216 valence electrons. The lowest BCUT2D eigenvalue weighted by atomic mass is 10.00. The first-order chi connectivity index (χ1) is 18.4. The zero-order chi connectivity index (χ0) is 29.4. The number of aromatic hydroxyl groups is 1. The normalized spacial score (nSPS) is 12.8. The highest BCUT2D eigenvalue weighted by atomic mass is 79.9. The summed E-state index contributed by atoms with van der Waals surface area (Å²) < 4.78 is 35.4. The zero-order valence-corrected chi connectivity index (χ0v) is 24.9. The van der Waals surface area contributed by atoms with Gasteiger partial charge in [-0.25, -0.2) is 13.2 Å². The fourth-order valence-electron chi connectivity index (χ4n) is 3.43. The molecule has 0 fully saturated rings. The summed E-state index contributed by atoms with van der Waals surface area (Å²) in [6, 6.07) is 4.53. The fourth-order valence-corrected chi connectivity index (χ4v) is 4.65. The lowest BCUT2D eigenvalue weighted by molar-refractivity contribution is -0.121. The number of allylic oxidation sites excluding steroid dienone is 5. The smallest absolute Gasteiger partial charge is 0.345 e. The standard InChI is InChI=1S/C27H37BrN2O8S/c1-5-19(18-21(28)20(6-2)13-15-25(33)30-39(4,35)36)12-14-24(32)29-16-7-8-17-38-23-11-9-10-22(31)26(23)27(34)37-3/h5-6,9-11,18,20,31H,2,7-8,12-17H2,1,3-4H3,(H,29,32)(H,30,33)/b19-5-,21-18+. The molecule has 3 N–H and O–H groups in total. The second kappa shape index (κ2) is 17.5. The van der Waals surface area contributed by atoms with E-state index < -0.39 is 21.9 Å². The van der Waals surface area contributed by atoms with Crippen molar-refractivity contribution in [2.75, 3.05) is 26.5 Å². The van der Waals surface area contributed by atoms with Gasteiger partial charge in [0.2, 0.25) is 21.8 Å². The van der Waals surface area contributed by atoms with Crippen molar-refractivity contribution in [1.82, 2.24) is 10.0 Å². The number of esters is 1. The highest BCUT2D eigenvalue weighted by Gasteiger charge is 2.18. The molecular weight excluding hydrogens is 592 g/mol. The number of phenols is 1. The van der Waals surface area contributed by atoms with Crippen molar-refractivity contribution in [1.29, 1.82) is 0 Å². The van der Waals surface area contributed by atoms with Crippen LogP contribution in [0.4, 0.5) is 0 Å². The van der Waals surface area contributed by atoms with Crippen LogP contribution in [0.2, 0.25) is 0 Å². The molecule has 0 spiro atoms. The van der Waals surface area contributed by atoms with Crippen molar-refractivity contribution in [3.63, 3.8) is 0 Å². The van der Waals surface area contributed by atoms with Gasteiger partial charge in [0.15, 0.2) is 0 Å². The van der Waals surface area contributed by atoms with Crippen molar-refractivity contribution in [2.45, 2.75) is 45.4 Å². The number of unbranched alkanes of at least 4 members (excludes halogenated alkanes) is 1. The number of hydrogen-bond donors (Lipinski definition) is 3. The molecular formula is C27H37BrN2O8S. The predicted molar refractivity (Wildman–Crippen MR) is 153 cm³/mol. The van der Waals surface area contributed by atoms with Crippen molar-refractivity contribution in [2.24, 2.45) is 5.92 Å². The van der Waals surface area contributed by atoms with Crippen LogP contribution in [0.5, 0.6) is 11.5 Å². The Hall–Kier alpha value is -3.12. The first kappa shape index (κ1) is 33.9. The van der Waals surface area contributed by atoms with Gasteiger partial charge in [-0.3, -0.25) is 14.3 Å². The maximum atomic E-state index is 12.3. The molecule has 0 aliphatic rings. The SMILES string of the molecule is C=CC(CCC(=O)NS(C)(=O)=O)/C(Br)=C\C(=C/C)CCC(=O)NCCCCOc1cccc(O)c1C(=O)OC. The number of ether oxygens (including phenoxy) is 2. The third kappa shape index (κ3) is 13.5. The Morgan fingerprint density at radius 2 is 1.87 bits per heavy atom. The Kier molecular flexibility index (Phi) is 15.2. The van der Waals surface area contributed by atoms with E-state index in [1.54, 1.807) is 18.2 Å². The van der Waals surface area contributed by atoms with Crippen LogP contribution >= 0.6 is 15.9 Å². The molecule has 0 radical (unpaired) electrons.